The fourth-order valence-electron chi connectivity index (χ4n) is 6.67. The van der Waals surface area contributed by atoms with Gasteiger partial charge in [0.15, 0.2) is 5.82 Å². The molecule has 0 saturated heterocycles. The second kappa shape index (κ2) is 10.8. The Kier molecular flexibility index (Phi) is 6.27. The van der Waals surface area contributed by atoms with Crippen LogP contribution in [0, 0.1) is 5.92 Å². The molecule has 0 amide bonds. The first-order chi connectivity index (χ1) is 22.3. The molecule has 7 aromatic rings. The number of fused-ring (bicyclic) bond motifs is 6. The standard InChI is InChI=1S/C41H29N3S/c1-3-10-27(11-4-1)35-25-36(32-18-15-26-9-7-8-14-30(26)23-32)43-40(42-35)33-19-21-34-31(24-33)17-16-28-20-22-37-39(38(28)34)44-41(45-37)29-12-5-2-6-13-29/h1-12,14-25,29,41,44H,13H2. The van der Waals surface area contributed by atoms with Gasteiger partial charge in [0.1, 0.15) is 0 Å². The molecule has 214 valence electrons. The maximum atomic E-state index is 5.16. The molecule has 1 N–H and O–H groups in total. The number of aromatic nitrogens is 2. The van der Waals surface area contributed by atoms with E-state index in [1.54, 1.807) is 0 Å². The summed E-state index contributed by atoms with van der Waals surface area (Å²) in [5.41, 5.74) is 6.25. The summed E-state index contributed by atoms with van der Waals surface area (Å²) >= 11 is 1.95. The molecule has 2 atom stereocenters. The van der Waals surface area contributed by atoms with E-state index in [9.17, 15) is 0 Å². The third-order valence-corrected chi connectivity index (χ3v) is 10.3. The fourth-order valence-corrected chi connectivity index (χ4v) is 7.93. The highest BCUT2D eigenvalue weighted by Crippen LogP contribution is 2.48. The van der Waals surface area contributed by atoms with Crippen molar-refractivity contribution in [2.75, 3.05) is 5.32 Å². The summed E-state index contributed by atoms with van der Waals surface area (Å²) in [6.45, 7) is 0. The van der Waals surface area contributed by atoms with Crippen molar-refractivity contribution < 1.29 is 0 Å². The third-order valence-electron chi connectivity index (χ3n) is 9.00. The Morgan fingerprint density at radius 1 is 0.600 bits per heavy atom. The van der Waals surface area contributed by atoms with Crippen molar-refractivity contribution >= 4 is 49.8 Å². The minimum absolute atomic E-state index is 0.337. The zero-order valence-corrected chi connectivity index (χ0v) is 25.3. The zero-order valence-electron chi connectivity index (χ0n) is 24.5. The van der Waals surface area contributed by atoms with Gasteiger partial charge >= 0.3 is 0 Å². The molecule has 0 radical (unpaired) electrons. The van der Waals surface area contributed by atoms with Crippen molar-refractivity contribution in [3.8, 4) is 33.9 Å². The summed E-state index contributed by atoms with van der Waals surface area (Å²) < 4.78 is 0. The molecule has 9 rings (SSSR count). The summed E-state index contributed by atoms with van der Waals surface area (Å²) in [5, 5.41) is 11.6. The number of anilines is 1. The van der Waals surface area contributed by atoms with Crippen molar-refractivity contribution in [1.29, 1.82) is 0 Å². The molecule has 2 aliphatic rings. The van der Waals surface area contributed by atoms with Gasteiger partial charge in [0.2, 0.25) is 0 Å². The summed E-state index contributed by atoms with van der Waals surface area (Å²) in [7, 11) is 0. The number of thioether (sulfide) groups is 1. The lowest BCUT2D eigenvalue weighted by Gasteiger charge is -2.20. The Hall–Kier alpha value is -5.19. The van der Waals surface area contributed by atoms with E-state index < -0.39 is 0 Å². The topological polar surface area (TPSA) is 37.8 Å². The Morgan fingerprint density at radius 2 is 1.33 bits per heavy atom. The molecule has 1 aromatic heterocycles. The number of benzene rings is 6. The van der Waals surface area contributed by atoms with Crippen LogP contribution < -0.4 is 5.32 Å². The summed E-state index contributed by atoms with van der Waals surface area (Å²) in [6, 6.07) is 43.2. The Labute approximate surface area is 266 Å². The first kappa shape index (κ1) is 26.2. The van der Waals surface area contributed by atoms with Gasteiger partial charge < -0.3 is 5.32 Å². The minimum atomic E-state index is 0.337. The monoisotopic (exact) mass is 595 g/mol. The zero-order chi connectivity index (χ0) is 29.7. The molecular weight excluding hydrogens is 567 g/mol. The molecule has 1 aliphatic carbocycles. The van der Waals surface area contributed by atoms with Crippen molar-refractivity contribution in [1.82, 2.24) is 9.97 Å². The van der Waals surface area contributed by atoms with Gasteiger partial charge in [0.05, 0.1) is 22.4 Å². The highest BCUT2D eigenvalue weighted by molar-refractivity contribution is 8.00. The summed E-state index contributed by atoms with van der Waals surface area (Å²) in [6.07, 6.45) is 9.99. The SMILES string of the molecule is C1=CCC(C2Nc3c(ccc4ccc5cc(-c6nc(-c7ccccc7)cc(-c7ccc8ccccc8c7)n6)ccc5c34)S2)C=C1. The lowest BCUT2D eigenvalue weighted by atomic mass is 9.97. The second-order valence-corrected chi connectivity index (χ2v) is 13.0. The van der Waals surface area contributed by atoms with Gasteiger partial charge in [-0.05, 0) is 57.6 Å². The lowest BCUT2D eigenvalue weighted by molar-refractivity contribution is 0.662. The number of hydrogen-bond acceptors (Lipinski definition) is 4. The van der Waals surface area contributed by atoms with Crippen LogP contribution in [0.2, 0.25) is 0 Å². The average Bonchev–Trinajstić information content (AvgIpc) is 3.56. The van der Waals surface area contributed by atoms with Gasteiger partial charge in [-0.15, -0.1) is 0 Å². The molecule has 0 bridgehead atoms. The molecule has 3 nitrogen and oxygen atoms in total. The minimum Gasteiger partial charge on any atom is -0.371 e. The number of nitrogens with one attached hydrogen (secondary N) is 1. The molecule has 4 heteroatoms. The maximum Gasteiger partial charge on any atom is 0.160 e. The summed E-state index contributed by atoms with van der Waals surface area (Å²) in [4.78, 5) is 11.6. The van der Waals surface area contributed by atoms with Crippen molar-refractivity contribution in [3.63, 3.8) is 0 Å². The normalized spacial score (nSPS) is 17.2. The predicted molar refractivity (Wildman–Crippen MR) is 191 cm³/mol. The van der Waals surface area contributed by atoms with Gasteiger partial charge in [-0.25, -0.2) is 9.97 Å². The van der Waals surface area contributed by atoms with Gasteiger partial charge in [0.25, 0.3) is 0 Å². The molecule has 0 saturated carbocycles. The Morgan fingerprint density at radius 3 is 2.20 bits per heavy atom. The van der Waals surface area contributed by atoms with E-state index in [-0.39, 0.29) is 0 Å². The maximum absolute atomic E-state index is 5.16. The highest BCUT2D eigenvalue weighted by Gasteiger charge is 2.29. The van der Waals surface area contributed by atoms with Crippen LogP contribution in [0.15, 0.2) is 151 Å². The molecule has 45 heavy (non-hydrogen) atoms. The smallest absolute Gasteiger partial charge is 0.160 e. The third kappa shape index (κ3) is 4.70. The van der Waals surface area contributed by atoms with Gasteiger partial charge in [-0.2, -0.15) is 0 Å². The van der Waals surface area contributed by atoms with Crippen LogP contribution in [-0.2, 0) is 0 Å². The van der Waals surface area contributed by atoms with Crippen LogP contribution in [0.1, 0.15) is 6.42 Å². The van der Waals surface area contributed by atoms with Gasteiger partial charge in [0, 0.05) is 32.9 Å². The van der Waals surface area contributed by atoms with Crippen molar-refractivity contribution in [2.45, 2.75) is 16.7 Å². The van der Waals surface area contributed by atoms with Crippen molar-refractivity contribution in [2.24, 2.45) is 5.92 Å². The predicted octanol–water partition coefficient (Wildman–Crippen LogP) is 10.9. The van der Waals surface area contributed by atoms with E-state index in [0.717, 1.165) is 40.3 Å². The van der Waals surface area contributed by atoms with Crippen LogP contribution in [0.4, 0.5) is 5.69 Å². The second-order valence-electron chi connectivity index (χ2n) is 11.8. The van der Waals surface area contributed by atoms with Crippen LogP contribution >= 0.6 is 11.8 Å². The molecule has 0 spiro atoms. The quantitative estimate of drug-likeness (QED) is 0.205. The Bertz CT molecular complexity index is 2320. The van der Waals surface area contributed by atoms with E-state index in [1.165, 1.54) is 42.9 Å². The van der Waals surface area contributed by atoms with Crippen LogP contribution in [0.5, 0.6) is 0 Å². The molecular formula is C41H29N3S. The molecule has 2 heterocycles. The highest BCUT2D eigenvalue weighted by atomic mass is 32.2. The summed E-state index contributed by atoms with van der Waals surface area (Å²) in [5.74, 6) is 1.21. The first-order valence-electron chi connectivity index (χ1n) is 15.5. The first-order valence-corrected chi connectivity index (χ1v) is 16.3. The molecule has 2 unspecified atom stereocenters. The van der Waals surface area contributed by atoms with Crippen molar-refractivity contribution in [3.05, 3.63) is 146 Å². The van der Waals surface area contributed by atoms with Crippen LogP contribution in [0.25, 0.3) is 66.2 Å². The Balaban J connectivity index is 1.17. The van der Waals surface area contributed by atoms with Crippen LogP contribution in [0.3, 0.4) is 0 Å². The average molecular weight is 596 g/mol. The van der Waals surface area contributed by atoms with E-state index in [2.05, 4.69) is 145 Å². The largest absolute Gasteiger partial charge is 0.371 e. The van der Waals surface area contributed by atoms with E-state index in [1.807, 2.05) is 17.8 Å². The number of allylic oxidation sites excluding steroid dienone is 3. The van der Waals surface area contributed by atoms with Gasteiger partial charge in [-0.1, -0.05) is 133 Å². The number of nitrogens with zero attached hydrogens (tertiary/aromatic N) is 2. The molecule has 0 fully saturated rings. The molecule has 1 aliphatic heterocycles. The van der Waals surface area contributed by atoms with Crippen LogP contribution in [-0.4, -0.2) is 15.3 Å². The molecule has 6 aromatic carbocycles. The van der Waals surface area contributed by atoms with E-state index >= 15 is 0 Å². The fraction of sp³-hybridized carbons (Fsp3) is 0.0732. The van der Waals surface area contributed by atoms with Gasteiger partial charge in [-0.3, -0.25) is 0 Å². The number of rotatable bonds is 4. The van der Waals surface area contributed by atoms with E-state index in [4.69, 9.17) is 9.97 Å². The number of hydrogen-bond donors (Lipinski definition) is 1. The lowest BCUT2D eigenvalue weighted by Crippen LogP contribution is -2.21. The van der Waals surface area contributed by atoms with E-state index in [0.29, 0.717) is 11.3 Å².